The molecule has 0 aromatic heterocycles. The Morgan fingerprint density at radius 3 is 2.29 bits per heavy atom. The standard InChI is InChI=1S/C12H18NO3P/c1-3-15-17(14,16-4-2)13-11-10-12-8-6-5-7-9-12/h5-11H,3-4H2,1-2H3,(H,13,14). The van der Waals surface area contributed by atoms with Gasteiger partial charge in [-0.15, -0.1) is 0 Å². The fourth-order valence-corrected chi connectivity index (χ4v) is 2.40. The predicted molar refractivity (Wildman–Crippen MR) is 69.5 cm³/mol. The van der Waals surface area contributed by atoms with E-state index in [1.807, 2.05) is 36.4 Å². The molecule has 0 aliphatic rings. The van der Waals surface area contributed by atoms with Gasteiger partial charge in [-0.1, -0.05) is 30.3 Å². The van der Waals surface area contributed by atoms with E-state index in [1.165, 1.54) is 0 Å². The van der Waals surface area contributed by atoms with Gasteiger partial charge < -0.3 is 0 Å². The van der Waals surface area contributed by atoms with Crippen LogP contribution in [0.5, 0.6) is 0 Å². The second-order valence-electron chi connectivity index (χ2n) is 3.21. The van der Waals surface area contributed by atoms with Crippen LogP contribution in [0.15, 0.2) is 36.5 Å². The van der Waals surface area contributed by atoms with Crippen LogP contribution in [0.1, 0.15) is 19.4 Å². The fraction of sp³-hybridized carbons (Fsp3) is 0.333. The topological polar surface area (TPSA) is 47.6 Å². The van der Waals surface area contributed by atoms with Gasteiger partial charge in [0.2, 0.25) is 0 Å². The van der Waals surface area contributed by atoms with E-state index < -0.39 is 7.75 Å². The molecule has 4 nitrogen and oxygen atoms in total. The molecule has 0 spiro atoms. The van der Waals surface area contributed by atoms with Crippen LogP contribution in [-0.4, -0.2) is 13.2 Å². The van der Waals surface area contributed by atoms with E-state index in [2.05, 4.69) is 5.09 Å². The third-order valence-corrected chi connectivity index (χ3v) is 3.57. The molecule has 1 N–H and O–H groups in total. The molecule has 1 rings (SSSR count). The molecule has 94 valence electrons. The van der Waals surface area contributed by atoms with Gasteiger partial charge in [-0.05, 0) is 25.5 Å². The van der Waals surface area contributed by atoms with Crippen LogP contribution < -0.4 is 5.09 Å². The van der Waals surface area contributed by atoms with Gasteiger partial charge in [0.05, 0.1) is 13.2 Å². The molecule has 0 saturated carbocycles. The van der Waals surface area contributed by atoms with Crippen molar-refractivity contribution in [3.05, 3.63) is 42.1 Å². The number of hydrogen-bond acceptors (Lipinski definition) is 3. The molecule has 0 saturated heterocycles. The number of benzene rings is 1. The highest BCUT2D eigenvalue weighted by atomic mass is 31.2. The summed E-state index contributed by atoms with van der Waals surface area (Å²) in [5, 5.41) is 2.68. The van der Waals surface area contributed by atoms with Gasteiger partial charge >= 0.3 is 7.75 Å². The van der Waals surface area contributed by atoms with Crippen LogP contribution in [0.4, 0.5) is 0 Å². The van der Waals surface area contributed by atoms with Gasteiger partial charge in [0.1, 0.15) is 0 Å². The third-order valence-electron chi connectivity index (χ3n) is 1.91. The zero-order chi connectivity index (χ0) is 12.6. The molecule has 0 atom stereocenters. The van der Waals surface area contributed by atoms with Gasteiger partial charge in [-0.3, -0.25) is 14.1 Å². The molecule has 0 amide bonds. The summed E-state index contributed by atoms with van der Waals surface area (Å²) in [6, 6.07) is 9.71. The largest absolute Gasteiger partial charge is 0.432 e. The molecule has 5 heteroatoms. The maximum Gasteiger partial charge on any atom is 0.432 e. The summed E-state index contributed by atoms with van der Waals surface area (Å²) in [4.78, 5) is 0. The Labute approximate surface area is 102 Å². The highest BCUT2D eigenvalue weighted by Gasteiger charge is 2.20. The molecule has 0 radical (unpaired) electrons. The molecule has 17 heavy (non-hydrogen) atoms. The fourth-order valence-electron chi connectivity index (χ4n) is 1.24. The summed E-state index contributed by atoms with van der Waals surface area (Å²) in [5.74, 6) is 0. The lowest BCUT2D eigenvalue weighted by molar-refractivity contribution is 0.215. The Balaban J connectivity index is 2.58. The van der Waals surface area contributed by atoms with Crippen molar-refractivity contribution >= 4 is 13.8 Å². The second-order valence-corrected chi connectivity index (χ2v) is 4.98. The van der Waals surface area contributed by atoms with E-state index >= 15 is 0 Å². The van der Waals surface area contributed by atoms with E-state index in [9.17, 15) is 4.57 Å². The average molecular weight is 255 g/mol. The summed E-state index contributed by atoms with van der Waals surface area (Å²) >= 11 is 0. The maximum atomic E-state index is 12.0. The molecule has 0 aliphatic carbocycles. The summed E-state index contributed by atoms with van der Waals surface area (Å²) in [7, 11) is -3.19. The summed E-state index contributed by atoms with van der Waals surface area (Å²) in [5.41, 5.74) is 1.01. The summed E-state index contributed by atoms with van der Waals surface area (Å²) < 4.78 is 22.2. The molecule has 0 heterocycles. The van der Waals surface area contributed by atoms with E-state index in [4.69, 9.17) is 9.05 Å². The molecule has 0 aliphatic heterocycles. The van der Waals surface area contributed by atoms with Gasteiger partial charge in [-0.25, -0.2) is 4.57 Å². The highest BCUT2D eigenvalue weighted by molar-refractivity contribution is 7.51. The van der Waals surface area contributed by atoms with E-state index in [0.717, 1.165) is 5.56 Å². The Bertz CT molecular complexity index is 382. The van der Waals surface area contributed by atoms with Gasteiger partial charge in [0, 0.05) is 6.20 Å². The van der Waals surface area contributed by atoms with Crippen LogP contribution in [-0.2, 0) is 13.6 Å². The summed E-state index contributed by atoms with van der Waals surface area (Å²) in [6.07, 6.45) is 3.39. The van der Waals surface area contributed by atoms with Crippen molar-refractivity contribution in [2.45, 2.75) is 13.8 Å². The molecule has 0 unspecified atom stereocenters. The monoisotopic (exact) mass is 255 g/mol. The summed E-state index contributed by atoms with van der Waals surface area (Å²) in [6.45, 7) is 4.22. The van der Waals surface area contributed by atoms with Crippen molar-refractivity contribution in [1.82, 2.24) is 5.09 Å². The lowest BCUT2D eigenvalue weighted by atomic mass is 10.2. The molecular formula is C12H18NO3P. The minimum Gasteiger partial charge on any atom is -0.300 e. The number of hydrogen-bond donors (Lipinski definition) is 1. The second kappa shape index (κ2) is 7.28. The Morgan fingerprint density at radius 2 is 1.76 bits per heavy atom. The van der Waals surface area contributed by atoms with Crippen LogP contribution in [0, 0.1) is 0 Å². The molecule has 0 bridgehead atoms. The van der Waals surface area contributed by atoms with Gasteiger partial charge in [0.25, 0.3) is 0 Å². The normalized spacial score (nSPS) is 11.9. The van der Waals surface area contributed by atoms with E-state index in [1.54, 1.807) is 20.0 Å². The molecule has 0 fully saturated rings. The molecule has 1 aromatic rings. The quantitative estimate of drug-likeness (QED) is 0.758. The Hall–Kier alpha value is -1.09. The molecule has 1 aromatic carbocycles. The third kappa shape index (κ3) is 5.18. The average Bonchev–Trinajstić information content (AvgIpc) is 2.31. The lowest BCUT2D eigenvalue weighted by Crippen LogP contribution is -2.08. The SMILES string of the molecule is CCOP(=O)(NC=Cc1ccccc1)OCC. The number of nitrogens with one attached hydrogen (secondary N) is 1. The minimum absolute atomic E-state index is 0.337. The van der Waals surface area contributed by atoms with Crippen molar-refractivity contribution in [3.63, 3.8) is 0 Å². The minimum atomic E-state index is -3.19. The first-order valence-electron chi connectivity index (χ1n) is 5.58. The van der Waals surface area contributed by atoms with Crippen LogP contribution >= 0.6 is 7.75 Å². The van der Waals surface area contributed by atoms with Crippen molar-refractivity contribution < 1.29 is 13.6 Å². The van der Waals surface area contributed by atoms with Crippen LogP contribution in [0.3, 0.4) is 0 Å². The van der Waals surface area contributed by atoms with Gasteiger partial charge in [-0.2, -0.15) is 0 Å². The first kappa shape index (κ1) is 14.0. The van der Waals surface area contributed by atoms with Crippen molar-refractivity contribution in [2.75, 3.05) is 13.2 Å². The first-order chi connectivity index (χ1) is 8.20. The Kier molecular flexibility index (Phi) is 5.98. The van der Waals surface area contributed by atoms with Crippen molar-refractivity contribution in [3.8, 4) is 0 Å². The zero-order valence-corrected chi connectivity index (χ0v) is 11.0. The van der Waals surface area contributed by atoms with Crippen molar-refractivity contribution in [1.29, 1.82) is 0 Å². The predicted octanol–water partition coefficient (Wildman–Crippen LogP) is 3.43. The zero-order valence-electron chi connectivity index (χ0n) is 10.1. The first-order valence-corrected chi connectivity index (χ1v) is 7.13. The highest BCUT2D eigenvalue weighted by Crippen LogP contribution is 2.43. The van der Waals surface area contributed by atoms with E-state index in [-0.39, 0.29) is 0 Å². The molecular weight excluding hydrogens is 237 g/mol. The van der Waals surface area contributed by atoms with Crippen LogP contribution in [0.2, 0.25) is 0 Å². The van der Waals surface area contributed by atoms with Crippen LogP contribution in [0.25, 0.3) is 6.08 Å². The van der Waals surface area contributed by atoms with E-state index in [0.29, 0.717) is 13.2 Å². The Morgan fingerprint density at radius 1 is 1.18 bits per heavy atom. The smallest absolute Gasteiger partial charge is 0.300 e. The van der Waals surface area contributed by atoms with Crippen molar-refractivity contribution in [2.24, 2.45) is 0 Å². The number of rotatable bonds is 7. The lowest BCUT2D eigenvalue weighted by Gasteiger charge is -2.15. The van der Waals surface area contributed by atoms with Gasteiger partial charge in [0.15, 0.2) is 0 Å². The maximum absolute atomic E-state index is 12.0.